The van der Waals surface area contributed by atoms with E-state index in [1.165, 1.54) is 6.07 Å². The fraction of sp³-hybridized carbons (Fsp3) is 0.176. The predicted molar refractivity (Wildman–Crippen MR) is 88.8 cm³/mol. The summed E-state index contributed by atoms with van der Waals surface area (Å²) < 4.78 is 13.0. The smallest absolute Gasteiger partial charge is 0.253 e. The summed E-state index contributed by atoms with van der Waals surface area (Å²) in [6, 6.07) is 10.5. The maximum Gasteiger partial charge on any atom is 0.253 e. The maximum atomic E-state index is 13.0. The number of nitrogens with zero attached hydrogens (tertiary/aromatic N) is 1. The summed E-state index contributed by atoms with van der Waals surface area (Å²) in [5.74, 6) is -1.27. The molecule has 23 heavy (non-hydrogen) atoms. The van der Waals surface area contributed by atoms with Gasteiger partial charge in [-0.3, -0.25) is 9.59 Å². The third kappa shape index (κ3) is 4.29. The van der Waals surface area contributed by atoms with E-state index >= 15 is 0 Å². The van der Waals surface area contributed by atoms with Crippen molar-refractivity contribution in [2.45, 2.75) is 0 Å². The highest BCUT2D eigenvalue weighted by molar-refractivity contribution is 6.33. The first-order chi connectivity index (χ1) is 10.9. The Morgan fingerprint density at radius 3 is 2.35 bits per heavy atom. The first-order valence-corrected chi connectivity index (χ1v) is 7.30. The van der Waals surface area contributed by atoms with E-state index in [0.717, 1.165) is 17.8 Å². The zero-order valence-electron chi connectivity index (χ0n) is 12.8. The van der Waals surface area contributed by atoms with Crippen LogP contribution in [-0.2, 0) is 0 Å². The maximum absolute atomic E-state index is 13.0. The van der Waals surface area contributed by atoms with Crippen LogP contribution in [0.2, 0.25) is 5.02 Å². The summed E-state index contributed by atoms with van der Waals surface area (Å²) in [4.78, 5) is 26.0. The van der Waals surface area contributed by atoms with Crippen LogP contribution >= 0.6 is 11.6 Å². The number of halogens is 2. The molecule has 2 aromatic carbocycles. The lowest BCUT2D eigenvalue weighted by Crippen LogP contribution is -2.29. The number of Topliss-reactive ketones (excluding diaryl/α,β-unsaturated/α-hetero) is 1. The number of benzene rings is 2. The Kier molecular flexibility index (Phi) is 5.34. The van der Waals surface area contributed by atoms with Crippen LogP contribution in [0.15, 0.2) is 42.5 Å². The summed E-state index contributed by atoms with van der Waals surface area (Å²) in [6.07, 6.45) is 0. The zero-order chi connectivity index (χ0) is 17.0. The van der Waals surface area contributed by atoms with Gasteiger partial charge in [0.15, 0.2) is 5.78 Å². The van der Waals surface area contributed by atoms with Gasteiger partial charge in [-0.05, 0) is 42.5 Å². The van der Waals surface area contributed by atoms with Crippen molar-refractivity contribution in [2.24, 2.45) is 0 Å². The van der Waals surface area contributed by atoms with Crippen LogP contribution in [0.25, 0.3) is 0 Å². The lowest BCUT2D eigenvalue weighted by Gasteiger charge is -2.12. The molecule has 1 amide bonds. The first kappa shape index (κ1) is 17.0. The summed E-state index contributed by atoms with van der Waals surface area (Å²) >= 11 is 5.81. The molecular formula is C17H16ClFN2O2. The number of carbonyl (C=O) groups excluding carboxylic acids is 2. The predicted octanol–water partition coefficient (Wildman–Crippen LogP) is 3.16. The minimum atomic E-state index is -0.524. The van der Waals surface area contributed by atoms with Gasteiger partial charge in [0.1, 0.15) is 5.82 Å². The molecule has 0 atom stereocenters. The van der Waals surface area contributed by atoms with Gasteiger partial charge in [0.2, 0.25) is 0 Å². The highest BCUT2D eigenvalue weighted by Crippen LogP contribution is 2.17. The third-order valence-electron chi connectivity index (χ3n) is 3.29. The molecule has 0 aromatic heterocycles. The van der Waals surface area contributed by atoms with Crippen molar-refractivity contribution >= 4 is 29.0 Å². The average Bonchev–Trinajstić information content (AvgIpc) is 2.52. The molecule has 0 aliphatic carbocycles. The minimum absolute atomic E-state index is 0.00489. The van der Waals surface area contributed by atoms with Gasteiger partial charge in [-0.25, -0.2) is 4.39 Å². The van der Waals surface area contributed by atoms with Crippen LogP contribution in [-0.4, -0.2) is 32.3 Å². The Morgan fingerprint density at radius 2 is 1.78 bits per heavy atom. The van der Waals surface area contributed by atoms with Gasteiger partial charge in [-0.1, -0.05) is 11.6 Å². The molecule has 1 N–H and O–H groups in total. The number of hydrogen-bond donors (Lipinski definition) is 1. The lowest BCUT2D eigenvalue weighted by atomic mass is 10.1. The second-order valence-corrected chi connectivity index (χ2v) is 5.58. The molecule has 2 aromatic rings. The largest absolute Gasteiger partial charge is 0.378 e. The van der Waals surface area contributed by atoms with Crippen molar-refractivity contribution in [3.63, 3.8) is 0 Å². The Hall–Kier alpha value is -2.40. The van der Waals surface area contributed by atoms with E-state index in [1.54, 1.807) is 12.1 Å². The highest BCUT2D eigenvalue weighted by atomic mass is 35.5. The highest BCUT2D eigenvalue weighted by Gasteiger charge is 2.13. The van der Waals surface area contributed by atoms with Crippen molar-refractivity contribution in [2.75, 3.05) is 25.5 Å². The molecule has 120 valence electrons. The van der Waals surface area contributed by atoms with E-state index in [9.17, 15) is 14.0 Å². The second-order valence-electron chi connectivity index (χ2n) is 5.17. The van der Waals surface area contributed by atoms with Gasteiger partial charge in [0.25, 0.3) is 5.91 Å². The van der Waals surface area contributed by atoms with E-state index in [4.69, 9.17) is 11.6 Å². The van der Waals surface area contributed by atoms with Crippen LogP contribution < -0.4 is 10.2 Å². The monoisotopic (exact) mass is 334 g/mol. The molecule has 0 spiro atoms. The molecule has 0 saturated carbocycles. The molecule has 0 fully saturated rings. The van der Waals surface area contributed by atoms with Gasteiger partial charge < -0.3 is 10.2 Å². The number of ketones is 1. The number of carbonyl (C=O) groups is 2. The van der Waals surface area contributed by atoms with Gasteiger partial charge in [0, 0.05) is 25.3 Å². The molecule has 0 saturated heterocycles. The molecule has 2 rings (SSSR count). The van der Waals surface area contributed by atoms with E-state index in [1.807, 2.05) is 31.1 Å². The van der Waals surface area contributed by atoms with Crippen LogP contribution in [0, 0.1) is 5.82 Å². The van der Waals surface area contributed by atoms with Crippen LogP contribution in [0.4, 0.5) is 10.1 Å². The van der Waals surface area contributed by atoms with E-state index in [2.05, 4.69) is 5.32 Å². The number of hydrogen-bond acceptors (Lipinski definition) is 3. The van der Waals surface area contributed by atoms with E-state index in [-0.39, 0.29) is 22.9 Å². The normalized spacial score (nSPS) is 10.3. The summed E-state index contributed by atoms with van der Waals surface area (Å²) in [6.45, 7) is -0.159. The molecule has 0 aliphatic heterocycles. The molecule has 0 aliphatic rings. The Bertz CT molecular complexity index is 730. The number of rotatable bonds is 5. The van der Waals surface area contributed by atoms with Crippen LogP contribution in [0.1, 0.15) is 20.7 Å². The average molecular weight is 335 g/mol. The summed E-state index contributed by atoms with van der Waals surface area (Å²) in [5, 5.41) is 2.49. The Labute approximate surface area is 138 Å². The molecule has 0 heterocycles. The SMILES string of the molecule is CN(C)c1ccc(C(=O)CNC(=O)c2ccc(F)cc2Cl)cc1. The molecule has 0 bridgehead atoms. The van der Waals surface area contributed by atoms with Crippen molar-refractivity contribution < 1.29 is 14.0 Å². The Balaban J connectivity index is 1.99. The van der Waals surface area contributed by atoms with Gasteiger partial charge in [0.05, 0.1) is 17.1 Å². The van der Waals surface area contributed by atoms with E-state index < -0.39 is 11.7 Å². The van der Waals surface area contributed by atoms with Crippen LogP contribution in [0.3, 0.4) is 0 Å². The summed E-state index contributed by atoms with van der Waals surface area (Å²) in [5.41, 5.74) is 1.61. The summed E-state index contributed by atoms with van der Waals surface area (Å²) in [7, 11) is 3.81. The van der Waals surface area contributed by atoms with Crippen molar-refractivity contribution in [1.29, 1.82) is 0 Å². The fourth-order valence-electron chi connectivity index (χ4n) is 1.98. The van der Waals surface area contributed by atoms with E-state index in [0.29, 0.717) is 5.56 Å². The van der Waals surface area contributed by atoms with Crippen LogP contribution in [0.5, 0.6) is 0 Å². The molecule has 0 radical (unpaired) electrons. The van der Waals surface area contributed by atoms with Crippen molar-refractivity contribution in [3.8, 4) is 0 Å². The molecular weight excluding hydrogens is 319 g/mol. The Morgan fingerprint density at radius 1 is 1.13 bits per heavy atom. The minimum Gasteiger partial charge on any atom is -0.378 e. The van der Waals surface area contributed by atoms with Gasteiger partial charge >= 0.3 is 0 Å². The molecule has 4 nitrogen and oxygen atoms in total. The number of nitrogens with one attached hydrogen (secondary N) is 1. The third-order valence-corrected chi connectivity index (χ3v) is 3.60. The fourth-order valence-corrected chi connectivity index (χ4v) is 2.23. The molecule has 6 heteroatoms. The number of amides is 1. The van der Waals surface area contributed by atoms with Crippen molar-refractivity contribution in [1.82, 2.24) is 5.32 Å². The number of anilines is 1. The second kappa shape index (κ2) is 7.24. The van der Waals surface area contributed by atoms with Gasteiger partial charge in [-0.15, -0.1) is 0 Å². The van der Waals surface area contributed by atoms with Gasteiger partial charge in [-0.2, -0.15) is 0 Å². The van der Waals surface area contributed by atoms with Crippen molar-refractivity contribution in [3.05, 3.63) is 64.4 Å². The first-order valence-electron chi connectivity index (χ1n) is 6.92. The standard InChI is InChI=1S/C17H16ClFN2O2/c1-21(2)13-6-3-11(4-7-13)16(22)10-20-17(23)14-8-5-12(19)9-15(14)18/h3-9H,10H2,1-2H3,(H,20,23). The topological polar surface area (TPSA) is 49.4 Å². The quantitative estimate of drug-likeness (QED) is 0.854. The lowest BCUT2D eigenvalue weighted by molar-refractivity contribution is 0.0904. The zero-order valence-corrected chi connectivity index (χ0v) is 13.5. The molecule has 0 unspecified atom stereocenters.